The molecular formula is C27H32N2O6. The molecule has 2 aromatic rings. The predicted molar refractivity (Wildman–Crippen MR) is 130 cm³/mol. The molecule has 0 aromatic heterocycles. The Morgan fingerprint density at radius 1 is 1.00 bits per heavy atom. The van der Waals surface area contributed by atoms with Gasteiger partial charge < -0.3 is 25.2 Å². The van der Waals surface area contributed by atoms with Crippen LogP contribution in [-0.4, -0.2) is 56.0 Å². The molecular weight excluding hydrogens is 448 g/mol. The molecule has 0 aliphatic heterocycles. The lowest BCUT2D eigenvalue weighted by Crippen LogP contribution is -2.39. The summed E-state index contributed by atoms with van der Waals surface area (Å²) >= 11 is 0. The summed E-state index contributed by atoms with van der Waals surface area (Å²) < 4.78 is 10.5. The van der Waals surface area contributed by atoms with Gasteiger partial charge in [-0.05, 0) is 41.0 Å². The van der Waals surface area contributed by atoms with Gasteiger partial charge in [0.1, 0.15) is 6.61 Å². The van der Waals surface area contributed by atoms with E-state index in [9.17, 15) is 14.4 Å². The Morgan fingerprint density at radius 2 is 1.66 bits per heavy atom. The van der Waals surface area contributed by atoms with Crippen LogP contribution in [0.5, 0.6) is 0 Å². The van der Waals surface area contributed by atoms with Crippen molar-refractivity contribution in [2.75, 3.05) is 26.8 Å². The van der Waals surface area contributed by atoms with E-state index in [0.29, 0.717) is 6.54 Å². The fourth-order valence-corrected chi connectivity index (χ4v) is 5.29. The number of rotatable bonds is 10. The largest absolute Gasteiger partial charge is 0.479 e. The van der Waals surface area contributed by atoms with Crippen LogP contribution < -0.4 is 10.6 Å². The third kappa shape index (κ3) is 5.65. The van der Waals surface area contributed by atoms with Gasteiger partial charge in [0.05, 0.1) is 0 Å². The molecule has 2 aromatic carbocycles. The molecule has 2 aliphatic carbocycles. The van der Waals surface area contributed by atoms with E-state index < -0.39 is 18.2 Å². The van der Waals surface area contributed by atoms with Gasteiger partial charge in [0.15, 0.2) is 6.10 Å². The molecule has 1 unspecified atom stereocenters. The number of ether oxygens (including phenoxy) is 2. The van der Waals surface area contributed by atoms with Crippen LogP contribution in [0.2, 0.25) is 0 Å². The van der Waals surface area contributed by atoms with E-state index in [-0.39, 0.29) is 43.2 Å². The number of nitrogens with one attached hydrogen (secondary N) is 2. The molecule has 3 N–H and O–H groups in total. The first-order valence-electron chi connectivity index (χ1n) is 12.1. The Kier molecular flexibility index (Phi) is 8.02. The first-order chi connectivity index (χ1) is 17.0. The Bertz CT molecular complexity index is 1030. The molecule has 0 radical (unpaired) electrons. The van der Waals surface area contributed by atoms with Gasteiger partial charge in [-0.3, -0.25) is 4.79 Å². The second-order valence-electron chi connectivity index (χ2n) is 9.15. The third-order valence-electron chi connectivity index (χ3n) is 7.11. The highest BCUT2D eigenvalue weighted by atomic mass is 16.5. The van der Waals surface area contributed by atoms with Crippen molar-refractivity contribution in [1.29, 1.82) is 0 Å². The zero-order valence-corrected chi connectivity index (χ0v) is 19.9. The van der Waals surface area contributed by atoms with Gasteiger partial charge in [-0.2, -0.15) is 0 Å². The van der Waals surface area contributed by atoms with E-state index in [1.807, 2.05) is 24.3 Å². The first-order valence-corrected chi connectivity index (χ1v) is 12.1. The lowest BCUT2D eigenvalue weighted by atomic mass is 9.95. The number of hydrogen-bond donors (Lipinski definition) is 3. The number of alkyl carbamates (subject to hydrolysis) is 1. The molecule has 0 spiro atoms. The fraction of sp³-hybridized carbons (Fsp3) is 0.444. The summed E-state index contributed by atoms with van der Waals surface area (Å²) in [7, 11) is 1.34. The van der Waals surface area contributed by atoms with E-state index in [0.717, 1.165) is 30.4 Å². The average molecular weight is 481 g/mol. The zero-order valence-electron chi connectivity index (χ0n) is 19.9. The molecule has 186 valence electrons. The van der Waals surface area contributed by atoms with Crippen molar-refractivity contribution < 1.29 is 29.0 Å². The summed E-state index contributed by atoms with van der Waals surface area (Å²) in [5, 5.41) is 14.7. The third-order valence-corrected chi connectivity index (χ3v) is 7.11. The Morgan fingerprint density at radius 3 is 2.29 bits per heavy atom. The molecule has 2 amide bonds. The molecule has 3 atom stereocenters. The van der Waals surface area contributed by atoms with Crippen LogP contribution in [0.25, 0.3) is 11.1 Å². The Labute approximate surface area is 205 Å². The number of carbonyl (C=O) groups excluding carboxylic acids is 2. The number of carboxylic acids is 1. The van der Waals surface area contributed by atoms with Crippen molar-refractivity contribution in [3.63, 3.8) is 0 Å². The maximum atomic E-state index is 12.6. The van der Waals surface area contributed by atoms with Crippen LogP contribution in [0.4, 0.5) is 4.79 Å². The van der Waals surface area contributed by atoms with Crippen molar-refractivity contribution in [1.82, 2.24) is 10.6 Å². The van der Waals surface area contributed by atoms with Crippen molar-refractivity contribution in [2.45, 2.75) is 37.7 Å². The molecule has 8 heteroatoms. The number of methoxy groups -OCH3 is 1. The normalized spacial score (nSPS) is 19.5. The van der Waals surface area contributed by atoms with Gasteiger partial charge in [-0.25, -0.2) is 9.59 Å². The van der Waals surface area contributed by atoms with Crippen LogP contribution in [0, 0.1) is 11.8 Å². The highest BCUT2D eigenvalue weighted by Crippen LogP contribution is 2.44. The molecule has 2 aliphatic rings. The van der Waals surface area contributed by atoms with Crippen molar-refractivity contribution in [3.8, 4) is 11.1 Å². The number of fused-ring (bicyclic) bond motifs is 3. The number of carboxylic acid groups (broad SMARTS) is 1. The van der Waals surface area contributed by atoms with Crippen LogP contribution in [0.3, 0.4) is 0 Å². The van der Waals surface area contributed by atoms with Crippen LogP contribution >= 0.6 is 0 Å². The summed E-state index contributed by atoms with van der Waals surface area (Å²) in [5.41, 5.74) is 4.68. The standard InChI is InChI=1S/C27H32N2O6/c1-34-24(26(31)32)13-14-28-25(30)18-12-6-7-17(18)15-29-27(33)35-16-23-21-10-4-2-8-19(21)20-9-3-5-11-22(20)23/h2-5,8-11,17-18,23-24H,6-7,12-16H2,1H3,(H,28,30)(H,29,33)(H,31,32)/t17-,18-,24?/m1/s1. The smallest absolute Gasteiger partial charge is 0.407 e. The first kappa shape index (κ1) is 24.7. The van der Waals surface area contributed by atoms with E-state index in [1.165, 1.54) is 18.2 Å². The van der Waals surface area contributed by atoms with Crippen molar-refractivity contribution in [2.24, 2.45) is 11.8 Å². The Hall–Kier alpha value is -3.39. The number of carbonyl (C=O) groups is 3. The van der Waals surface area contributed by atoms with Crippen LogP contribution in [0.15, 0.2) is 48.5 Å². The zero-order chi connectivity index (χ0) is 24.8. The number of aliphatic carboxylic acids is 1. The maximum Gasteiger partial charge on any atom is 0.407 e. The Balaban J connectivity index is 1.25. The molecule has 1 saturated carbocycles. The SMILES string of the molecule is COC(CCNC(=O)[C@@H]1CCC[C@@H]1CNC(=O)OCC1c2ccccc2-c2ccccc21)C(=O)O. The van der Waals surface area contributed by atoms with Gasteiger partial charge in [-0.15, -0.1) is 0 Å². The average Bonchev–Trinajstić information content (AvgIpc) is 3.46. The fourth-order valence-electron chi connectivity index (χ4n) is 5.29. The summed E-state index contributed by atoms with van der Waals surface area (Å²) in [5.74, 6) is -1.35. The monoisotopic (exact) mass is 480 g/mol. The molecule has 0 heterocycles. The van der Waals surface area contributed by atoms with Gasteiger partial charge >= 0.3 is 12.1 Å². The van der Waals surface area contributed by atoms with Crippen LogP contribution in [0.1, 0.15) is 42.7 Å². The van der Waals surface area contributed by atoms with Crippen molar-refractivity contribution >= 4 is 18.0 Å². The minimum absolute atomic E-state index is 0.000106. The highest BCUT2D eigenvalue weighted by molar-refractivity contribution is 5.80. The summed E-state index contributed by atoms with van der Waals surface area (Å²) in [6.07, 6.45) is 1.28. The minimum atomic E-state index is -1.05. The minimum Gasteiger partial charge on any atom is -0.479 e. The number of amides is 2. The summed E-state index contributed by atoms with van der Waals surface area (Å²) in [6, 6.07) is 16.4. The van der Waals surface area contributed by atoms with E-state index >= 15 is 0 Å². The molecule has 0 saturated heterocycles. The van der Waals surface area contributed by atoms with Crippen molar-refractivity contribution in [3.05, 3.63) is 59.7 Å². The number of benzene rings is 2. The van der Waals surface area contributed by atoms with Gasteiger partial charge in [0.25, 0.3) is 0 Å². The molecule has 8 nitrogen and oxygen atoms in total. The van der Waals surface area contributed by atoms with Gasteiger partial charge in [0.2, 0.25) is 5.91 Å². The molecule has 35 heavy (non-hydrogen) atoms. The van der Waals surface area contributed by atoms with Gasteiger partial charge in [-0.1, -0.05) is 55.0 Å². The summed E-state index contributed by atoms with van der Waals surface area (Å²) in [6.45, 7) is 0.843. The quantitative estimate of drug-likeness (QED) is 0.479. The lowest BCUT2D eigenvalue weighted by molar-refractivity contribution is -0.149. The second-order valence-corrected chi connectivity index (χ2v) is 9.15. The molecule has 4 rings (SSSR count). The topological polar surface area (TPSA) is 114 Å². The van der Waals surface area contributed by atoms with E-state index in [4.69, 9.17) is 14.6 Å². The lowest BCUT2D eigenvalue weighted by Gasteiger charge is -2.20. The highest BCUT2D eigenvalue weighted by Gasteiger charge is 2.34. The van der Waals surface area contributed by atoms with E-state index in [2.05, 4.69) is 34.9 Å². The second kappa shape index (κ2) is 11.4. The molecule has 0 bridgehead atoms. The number of hydrogen-bond acceptors (Lipinski definition) is 5. The van der Waals surface area contributed by atoms with Gasteiger partial charge in [0, 0.05) is 38.5 Å². The van der Waals surface area contributed by atoms with Crippen LogP contribution in [-0.2, 0) is 19.1 Å². The van der Waals surface area contributed by atoms with E-state index in [1.54, 1.807) is 0 Å². The predicted octanol–water partition coefficient (Wildman–Crippen LogP) is 3.55. The maximum absolute atomic E-state index is 12.6. The molecule has 1 fully saturated rings. The summed E-state index contributed by atoms with van der Waals surface area (Å²) in [4.78, 5) is 36.2.